The predicted molar refractivity (Wildman–Crippen MR) is 80.5 cm³/mol. The van der Waals surface area contributed by atoms with Gasteiger partial charge in [0.2, 0.25) is 9.84 Å². The Balaban J connectivity index is 2.96. The Hall–Kier alpha value is -2.83. The van der Waals surface area contributed by atoms with Crippen LogP contribution >= 0.6 is 0 Å². The average Bonchev–Trinajstić information content (AvgIpc) is 2.49. The molecule has 0 aliphatic rings. The number of phenols is 2. The van der Waals surface area contributed by atoms with Crippen LogP contribution in [0.4, 0.5) is 37.7 Å². The zero-order valence-electron chi connectivity index (χ0n) is 12.9. The highest BCUT2D eigenvalue weighted by Gasteiger charge is 2.45. The van der Waals surface area contributed by atoms with E-state index in [1.807, 2.05) is 0 Å². The molecule has 2 rings (SSSR count). The monoisotopic (exact) mass is 416 g/mol. The van der Waals surface area contributed by atoms with Crippen molar-refractivity contribution in [2.75, 3.05) is 11.5 Å². The van der Waals surface area contributed by atoms with Gasteiger partial charge in [0.15, 0.2) is 0 Å². The molecule has 0 atom stereocenters. The molecule has 0 spiro atoms. The quantitative estimate of drug-likeness (QED) is 0.339. The minimum atomic E-state index is -5.47. The van der Waals surface area contributed by atoms with Crippen molar-refractivity contribution in [2.45, 2.75) is 22.1 Å². The fourth-order valence-corrected chi connectivity index (χ4v) is 4.05. The molecule has 0 saturated carbocycles. The van der Waals surface area contributed by atoms with Crippen LogP contribution in [0.2, 0.25) is 0 Å². The lowest BCUT2D eigenvalue weighted by atomic mass is 10.1. The molecule has 6 nitrogen and oxygen atoms in total. The minimum absolute atomic E-state index is 0.271. The molecule has 13 heteroatoms. The number of halogens is 6. The van der Waals surface area contributed by atoms with E-state index in [-0.39, 0.29) is 12.1 Å². The second kappa shape index (κ2) is 6.11. The molecule has 6 N–H and O–H groups in total. The topological polar surface area (TPSA) is 127 Å². The van der Waals surface area contributed by atoms with E-state index in [0.29, 0.717) is 12.1 Å². The second-order valence-electron chi connectivity index (χ2n) is 5.24. The van der Waals surface area contributed by atoms with E-state index < -0.39 is 66.0 Å². The third-order valence-electron chi connectivity index (χ3n) is 3.51. The Labute approximate surface area is 147 Å². The Kier molecular flexibility index (Phi) is 4.64. The first-order chi connectivity index (χ1) is 12.1. The van der Waals surface area contributed by atoms with Crippen LogP contribution in [0.25, 0.3) is 0 Å². The van der Waals surface area contributed by atoms with Crippen molar-refractivity contribution in [3.05, 3.63) is 35.4 Å². The number of nitrogen functional groups attached to an aromatic ring is 2. The number of nitrogens with two attached hydrogens (primary N) is 2. The van der Waals surface area contributed by atoms with Gasteiger partial charge in [-0.15, -0.1) is 0 Å². The number of rotatable bonds is 2. The fourth-order valence-electron chi connectivity index (χ4n) is 2.33. The van der Waals surface area contributed by atoms with Gasteiger partial charge in [0.1, 0.15) is 22.6 Å². The summed E-state index contributed by atoms with van der Waals surface area (Å²) >= 11 is 0. The smallest absolute Gasteiger partial charge is 0.419 e. The van der Waals surface area contributed by atoms with Crippen LogP contribution < -0.4 is 11.5 Å². The minimum Gasteiger partial charge on any atom is -0.506 e. The summed E-state index contributed by atoms with van der Waals surface area (Å²) in [5.41, 5.74) is 3.41. The summed E-state index contributed by atoms with van der Waals surface area (Å²) in [5, 5.41) is 18.7. The van der Waals surface area contributed by atoms with Crippen molar-refractivity contribution >= 4 is 21.2 Å². The van der Waals surface area contributed by atoms with E-state index in [4.69, 9.17) is 11.5 Å². The molecule has 148 valence electrons. The number of anilines is 2. The Morgan fingerprint density at radius 3 is 1.26 bits per heavy atom. The van der Waals surface area contributed by atoms with E-state index in [1.165, 1.54) is 0 Å². The molecule has 0 amide bonds. The molecule has 0 bridgehead atoms. The number of benzene rings is 2. The van der Waals surface area contributed by atoms with Gasteiger partial charge in [-0.05, 0) is 24.3 Å². The molecule has 0 aromatic heterocycles. The van der Waals surface area contributed by atoms with E-state index in [2.05, 4.69) is 0 Å². The number of sulfone groups is 1. The highest BCUT2D eigenvalue weighted by molar-refractivity contribution is 7.91. The first-order valence-corrected chi connectivity index (χ1v) is 8.20. The van der Waals surface area contributed by atoms with Gasteiger partial charge < -0.3 is 21.7 Å². The summed E-state index contributed by atoms with van der Waals surface area (Å²) in [6.07, 6.45) is -10.8. The third kappa shape index (κ3) is 3.41. The predicted octanol–water partition coefficient (Wildman–Crippen LogP) is 3.13. The molecule has 0 heterocycles. The van der Waals surface area contributed by atoms with Crippen molar-refractivity contribution in [3.63, 3.8) is 0 Å². The summed E-state index contributed by atoms with van der Waals surface area (Å²) in [5.74, 6) is -2.22. The van der Waals surface area contributed by atoms with Crippen LogP contribution in [0.3, 0.4) is 0 Å². The number of hydrogen-bond acceptors (Lipinski definition) is 6. The average molecular weight is 416 g/mol. The zero-order valence-corrected chi connectivity index (χ0v) is 13.7. The van der Waals surface area contributed by atoms with E-state index in [9.17, 15) is 45.0 Å². The number of hydrogen-bond donors (Lipinski definition) is 4. The molecule has 0 unspecified atom stereocenters. The van der Waals surface area contributed by atoms with Gasteiger partial charge in [-0.2, -0.15) is 26.3 Å². The molecular formula is C14H10F6N2O4S. The number of aromatic hydroxyl groups is 2. The largest absolute Gasteiger partial charge is 0.506 e. The zero-order chi connectivity index (χ0) is 20.9. The Bertz CT molecular complexity index is 940. The number of phenolic OH excluding ortho intramolecular Hbond substituents is 2. The second-order valence-corrected chi connectivity index (χ2v) is 7.13. The van der Waals surface area contributed by atoms with Crippen molar-refractivity contribution < 1.29 is 45.0 Å². The summed E-state index contributed by atoms with van der Waals surface area (Å²) < 4.78 is 105. The fraction of sp³-hybridized carbons (Fsp3) is 0.143. The molecule has 2 aromatic carbocycles. The van der Waals surface area contributed by atoms with Gasteiger partial charge in [0.05, 0.1) is 21.2 Å². The van der Waals surface area contributed by atoms with Crippen LogP contribution in [0, 0.1) is 0 Å². The summed E-state index contributed by atoms with van der Waals surface area (Å²) in [7, 11) is -5.47. The van der Waals surface area contributed by atoms with Gasteiger partial charge >= 0.3 is 12.4 Å². The maximum Gasteiger partial charge on any atom is 0.419 e. The molecule has 2 aromatic rings. The van der Waals surface area contributed by atoms with Crippen molar-refractivity contribution in [2.24, 2.45) is 0 Å². The summed E-state index contributed by atoms with van der Waals surface area (Å²) in [6.45, 7) is 0. The van der Waals surface area contributed by atoms with Gasteiger partial charge in [-0.3, -0.25) is 0 Å². The standard InChI is InChI=1S/C14H10F6N2O4S/c15-13(16,17)9-7(3-1-5(23)11(9)21)27(25,26)8-4-2-6(24)12(22)10(8)14(18,19)20/h1-4,23-24H,21-22H2. The summed E-state index contributed by atoms with van der Waals surface area (Å²) in [4.78, 5) is -3.22. The van der Waals surface area contributed by atoms with E-state index in [0.717, 1.165) is 0 Å². The molecule has 27 heavy (non-hydrogen) atoms. The van der Waals surface area contributed by atoms with E-state index >= 15 is 0 Å². The van der Waals surface area contributed by atoms with Gasteiger partial charge in [-0.1, -0.05) is 0 Å². The normalized spacial score (nSPS) is 13.0. The Morgan fingerprint density at radius 2 is 1.00 bits per heavy atom. The maximum atomic E-state index is 13.3. The van der Waals surface area contributed by atoms with Gasteiger partial charge in [0, 0.05) is 0 Å². The molecule has 0 radical (unpaired) electrons. The third-order valence-corrected chi connectivity index (χ3v) is 5.35. The van der Waals surface area contributed by atoms with Crippen LogP contribution in [-0.4, -0.2) is 18.6 Å². The molecule has 0 fully saturated rings. The lowest BCUT2D eigenvalue weighted by molar-refractivity contribution is -0.139. The van der Waals surface area contributed by atoms with Crippen molar-refractivity contribution in [3.8, 4) is 11.5 Å². The number of alkyl halides is 6. The van der Waals surface area contributed by atoms with E-state index in [1.54, 1.807) is 0 Å². The highest BCUT2D eigenvalue weighted by atomic mass is 32.2. The first kappa shape index (κ1) is 20.5. The summed E-state index contributed by atoms with van der Waals surface area (Å²) in [6, 6.07) is 1.53. The molecular weight excluding hydrogens is 406 g/mol. The van der Waals surface area contributed by atoms with Crippen molar-refractivity contribution in [1.29, 1.82) is 0 Å². The molecule has 0 saturated heterocycles. The lowest BCUT2D eigenvalue weighted by Crippen LogP contribution is -2.20. The lowest BCUT2D eigenvalue weighted by Gasteiger charge is -2.19. The van der Waals surface area contributed by atoms with Crippen LogP contribution in [0.1, 0.15) is 11.1 Å². The van der Waals surface area contributed by atoms with Crippen LogP contribution in [-0.2, 0) is 22.2 Å². The Morgan fingerprint density at radius 1 is 0.704 bits per heavy atom. The maximum absolute atomic E-state index is 13.3. The van der Waals surface area contributed by atoms with Crippen molar-refractivity contribution in [1.82, 2.24) is 0 Å². The van der Waals surface area contributed by atoms with Crippen LogP contribution in [0.15, 0.2) is 34.1 Å². The SMILES string of the molecule is Nc1c(O)ccc(S(=O)(=O)c2ccc(O)c(N)c2C(F)(F)F)c1C(F)(F)F. The van der Waals surface area contributed by atoms with Crippen LogP contribution in [0.5, 0.6) is 11.5 Å². The van der Waals surface area contributed by atoms with Gasteiger partial charge in [0.25, 0.3) is 0 Å². The molecule has 0 aliphatic carbocycles. The molecule has 0 aliphatic heterocycles. The highest BCUT2D eigenvalue weighted by Crippen LogP contribution is 2.47. The first-order valence-electron chi connectivity index (χ1n) is 6.72. The van der Waals surface area contributed by atoms with Gasteiger partial charge in [-0.25, -0.2) is 8.42 Å².